The van der Waals surface area contributed by atoms with E-state index in [0.717, 1.165) is 30.5 Å². The number of carbonyl (C=O) groups is 1. The van der Waals surface area contributed by atoms with Crippen molar-refractivity contribution in [3.8, 4) is 6.07 Å². The Morgan fingerprint density at radius 2 is 2.00 bits per heavy atom. The lowest BCUT2D eigenvalue weighted by molar-refractivity contribution is 0.0691. The van der Waals surface area contributed by atoms with E-state index in [9.17, 15) is 15.2 Å². The third-order valence-corrected chi connectivity index (χ3v) is 7.13. The van der Waals surface area contributed by atoms with E-state index in [-0.39, 0.29) is 16.9 Å². The molecule has 0 unspecified atom stereocenters. The summed E-state index contributed by atoms with van der Waals surface area (Å²) in [4.78, 5) is 27.6. The van der Waals surface area contributed by atoms with Crippen LogP contribution in [0.5, 0.6) is 0 Å². The summed E-state index contributed by atoms with van der Waals surface area (Å²) in [5.74, 6) is 0.132. The van der Waals surface area contributed by atoms with E-state index in [0.29, 0.717) is 40.2 Å². The largest absolute Gasteiger partial charge is 0.476 e. The molecule has 3 aromatic rings. The zero-order chi connectivity index (χ0) is 24.0. The SMILES string of the molecule is Cc1cc([C@@H](C)Nc2ccc(Cl)nc2C(=O)O)c2nc(N3CC4CCC3CC4)c(C#N)nc2c1. The van der Waals surface area contributed by atoms with Crippen LogP contribution in [0.2, 0.25) is 5.15 Å². The van der Waals surface area contributed by atoms with Gasteiger partial charge in [-0.2, -0.15) is 5.26 Å². The van der Waals surface area contributed by atoms with Crippen LogP contribution in [0.1, 0.15) is 66.0 Å². The minimum atomic E-state index is -1.16. The minimum Gasteiger partial charge on any atom is -0.476 e. The van der Waals surface area contributed by atoms with Crippen LogP contribution in [-0.2, 0) is 0 Å². The molecule has 1 aromatic carbocycles. The number of aryl methyl sites for hydroxylation is 1. The normalized spacial score (nSPS) is 20.2. The minimum absolute atomic E-state index is 0.118. The molecule has 0 radical (unpaired) electrons. The Balaban J connectivity index is 1.59. The van der Waals surface area contributed by atoms with Crippen LogP contribution in [0.4, 0.5) is 11.5 Å². The molecule has 2 aromatic heterocycles. The molecule has 6 rings (SSSR count). The second-order valence-electron chi connectivity index (χ2n) is 9.26. The lowest BCUT2D eigenvalue weighted by Gasteiger charge is -2.46. The lowest BCUT2D eigenvalue weighted by atomic mass is 9.80. The zero-order valence-electron chi connectivity index (χ0n) is 19.0. The fraction of sp³-hybridized carbons (Fsp3) is 0.400. The van der Waals surface area contributed by atoms with Crippen LogP contribution in [0.3, 0.4) is 0 Å². The summed E-state index contributed by atoms with van der Waals surface area (Å²) < 4.78 is 0. The Morgan fingerprint density at radius 1 is 1.24 bits per heavy atom. The third kappa shape index (κ3) is 4.01. The Labute approximate surface area is 202 Å². The Hall–Kier alpha value is -3.44. The maximum atomic E-state index is 11.7. The van der Waals surface area contributed by atoms with Crippen LogP contribution in [-0.4, -0.2) is 38.6 Å². The van der Waals surface area contributed by atoms with Gasteiger partial charge in [0.25, 0.3) is 0 Å². The van der Waals surface area contributed by atoms with Crippen molar-refractivity contribution >= 4 is 40.1 Å². The molecule has 34 heavy (non-hydrogen) atoms. The fourth-order valence-electron chi connectivity index (χ4n) is 5.28. The second-order valence-corrected chi connectivity index (χ2v) is 9.64. The average Bonchev–Trinajstić information content (AvgIpc) is 2.84. The van der Waals surface area contributed by atoms with Gasteiger partial charge in [0.05, 0.1) is 22.8 Å². The molecule has 2 aliphatic heterocycles. The Morgan fingerprint density at radius 3 is 2.65 bits per heavy atom. The highest BCUT2D eigenvalue weighted by Gasteiger charge is 2.36. The molecule has 3 fully saturated rings. The molecule has 2 bridgehead atoms. The van der Waals surface area contributed by atoms with Crippen LogP contribution in [0.15, 0.2) is 24.3 Å². The van der Waals surface area contributed by atoms with Crippen molar-refractivity contribution in [2.45, 2.75) is 51.6 Å². The number of fused-ring (bicyclic) bond motifs is 4. The summed E-state index contributed by atoms with van der Waals surface area (Å²) in [6, 6.07) is 9.48. The number of hydrogen-bond acceptors (Lipinski definition) is 7. The molecule has 1 aliphatic carbocycles. The number of hydrogen-bond donors (Lipinski definition) is 2. The van der Waals surface area contributed by atoms with E-state index in [1.54, 1.807) is 12.1 Å². The number of aromatic carboxylic acids is 1. The van der Waals surface area contributed by atoms with Gasteiger partial charge in [-0.15, -0.1) is 0 Å². The zero-order valence-corrected chi connectivity index (χ0v) is 19.8. The number of rotatable bonds is 5. The molecule has 174 valence electrons. The molecule has 2 saturated heterocycles. The van der Waals surface area contributed by atoms with Crippen LogP contribution in [0, 0.1) is 24.2 Å². The third-order valence-electron chi connectivity index (χ3n) is 6.92. The molecular formula is C25H25ClN6O2. The monoisotopic (exact) mass is 476 g/mol. The highest BCUT2D eigenvalue weighted by atomic mass is 35.5. The van der Waals surface area contributed by atoms with Crippen molar-refractivity contribution in [2.75, 3.05) is 16.8 Å². The number of nitriles is 1. The predicted octanol–water partition coefficient (Wildman–Crippen LogP) is 5.11. The number of aromatic nitrogens is 3. The smallest absolute Gasteiger partial charge is 0.356 e. The maximum Gasteiger partial charge on any atom is 0.356 e. The van der Waals surface area contributed by atoms with E-state index in [2.05, 4.69) is 21.3 Å². The highest BCUT2D eigenvalue weighted by Crippen LogP contribution is 2.39. The summed E-state index contributed by atoms with van der Waals surface area (Å²) in [7, 11) is 0. The van der Waals surface area contributed by atoms with E-state index in [1.807, 2.05) is 26.0 Å². The summed E-state index contributed by atoms with van der Waals surface area (Å²) in [5.41, 5.74) is 3.80. The van der Waals surface area contributed by atoms with Crippen molar-refractivity contribution < 1.29 is 9.90 Å². The van der Waals surface area contributed by atoms with Crippen molar-refractivity contribution in [1.29, 1.82) is 5.26 Å². The number of pyridine rings is 1. The van der Waals surface area contributed by atoms with Crippen LogP contribution < -0.4 is 10.2 Å². The lowest BCUT2D eigenvalue weighted by Crippen LogP contribution is -2.48. The quantitative estimate of drug-likeness (QED) is 0.488. The first-order valence-electron chi connectivity index (χ1n) is 11.5. The van der Waals surface area contributed by atoms with E-state index >= 15 is 0 Å². The number of nitrogens with one attached hydrogen (secondary N) is 1. The first-order chi connectivity index (χ1) is 16.3. The van der Waals surface area contributed by atoms with E-state index in [4.69, 9.17) is 21.6 Å². The molecule has 4 heterocycles. The maximum absolute atomic E-state index is 11.7. The number of benzene rings is 1. The number of nitrogens with zero attached hydrogens (tertiary/aromatic N) is 5. The standard InChI is InChI=1S/C25H25ClN6O2/c1-13-9-17(14(2)28-18-7-8-21(26)30-23(18)25(33)34)22-19(10-13)29-20(11-27)24(31-22)32-12-15-3-5-16(32)6-4-15/h7-10,14-16,28H,3-6,12H2,1-2H3,(H,33,34)/t14-,15?,16?/m1/s1. The van der Waals surface area contributed by atoms with Gasteiger partial charge in [-0.1, -0.05) is 17.7 Å². The van der Waals surface area contributed by atoms with Gasteiger partial charge in [0.1, 0.15) is 11.2 Å². The molecule has 9 heteroatoms. The summed E-state index contributed by atoms with van der Waals surface area (Å²) in [6.07, 6.45) is 4.71. The number of piperidine rings is 2. The molecule has 8 nitrogen and oxygen atoms in total. The van der Waals surface area contributed by atoms with Gasteiger partial charge in [-0.3, -0.25) is 0 Å². The van der Waals surface area contributed by atoms with Crippen molar-refractivity contribution in [1.82, 2.24) is 15.0 Å². The molecule has 1 saturated carbocycles. The van der Waals surface area contributed by atoms with Crippen molar-refractivity contribution in [3.05, 3.63) is 51.9 Å². The average molecular weight is 477 g/mol. The van der Waals surface area contributed by atoms with Gasteiger partial charge in [0, 0.05) is 18.2 Å². The molecule has 2 N–H and O–H groups in total. The highest BCUT2D eigenvalue weighted by molar-refractivity contribution is 6.29. The first-order valence-corrected chi connectivity index (χ1v) is 11.9. The number of anilines is 2. The van der Waals surface area contributed by atoms with E-state index < -0.39 is 5.97 Å². The molecule has 0 spiro atoms. The predicted molar refractivity (Wildman–Crippen MR) is 130 cm³/mol. The van der Waals surface area contributed by atoms with Gasteiger partial charge < -0.3 is 15.3 Å². The topological polar surface area (TPSA) is 115 Å². The molecule has 3 aliphatic rings. The van der Waals surface area contributed by atoms with Gasteiger partial charge in [0.2, 0.25) is 0 Å². The van der Waals surface area contributed by atoms with Gasteiger partial charge in [-0.25, -0.2) is 19.7 Å². The summed E-state index contributed by atoms with van der Waals surface area (Å²) >= 11 is 5.91. The van der Waals surface area contributed by atoms with Gasteiger partial charge >= 0.3 is 5.97 Å². The Kier molecular flexibility index (Phi) is 5.74. The number of halogens is 1. The van der Waals surface area contributed by atoms with Crippen LogP contribution >= 0.6 is 11.6 Å². The fourth-order valence-corrected chi connectivity index (χ4v) is 5.43. The molecule has 0 amide bonds. The van der Waals surface area contributed by atoms with E-state index in [1.165, 1.54) is 12.8 Å². The first kappa shape index (κ1) is 22.4. The molecular weight excluding hydrogens is 452 g/mol. The van der Waals surface area contributed by atoms with Crippen molar-refractivity contribution in [3.63, 3.8) is 0 Å². The van der Waals surface area contributed by atoms with Crippen LogP contribution in [0.25, 0.3) is 11.0 Å². The van der Waals surface area contributed by atoms with Gasteiger partial charge in [-0.05, 0) is 69.2 Å². The Bertz CT molecular complexity index is 1330. The van der Waals surface area contributed by atoms with Crippen molar-refractivity contribution in [2.24, 2.45) is 5.92 Å². The summed E-state index contributed by atoms with van der Waals surface area (Å²) in [6.45, 7) is 4.82. The number of carboxylic acids is 1. The number of carboxylic acid groups (broad SMARTS) is 1. The summed E-state index contributed by atoms with van der Waals surface area (Å²) in [5, 5.41) is 22.8. The molecule has 1 atom stereocenters. The second kappa shape index (κ2) is 8.73. The van der Waals surface area contributed by atoms with Gasteiger partial charge in [0.15, 0.2) is 17.2 Å².